The van der Waals surface area contributed by atoms with Crippen molar-refractivity contribution in [2.24, 2.45) is 11.7 Å². The molecule has 1 saturated carbocycles. The Morgan fingerprint density at radius 1 is 1.14 bits per heavy atom. The van der Waals surface area contributed by atoms with Gasteiger partial charge >= 0.3 is 0 Å². The van der Waals surface area contributed by atoms with Crippen LogP contribution in [0, 0.1) is 26.7 Å². The van der Waals surface area contributed by atoms with E-state index < -0.39 is 5.79 Å². The molecule has 0 spiro atoms. The fourth-order valence-electron chi connectivity index (χ4n) is 5.97. The number of nitrogens with one attached hydrogen (secondary N) is 1. The van der Waals surface area contributed by atoms with Crippen LogP contribution >= 0.6 is 11.6 Å². The average Bonchev–Trinajstić information content (AvgIpc) is 3.15. The number of aromatic amines is 1. The van der Waals surface area contributed by atoms with Gasteiger partial charge in [-0.1, -0.05) is 11.6 Å². The van der Waals surface area contributed by atoms with Gasteiger partial charge in [0.1, 0.15) is 0 Å². The number of aromatic nitrogens is 1. The van der Waals surface area contributed by atoms with Crippen molar-refractivity contribution in [2.75, 3.05) is 6.54 Å². The number of fused-ring (bicyclic) bond motifs is 2. The van der Waals surface area contributed by atoms with E-state index >= 15 is 0 Å². The molecule has 7 nitrogen and oxygen atoms in total. The van der Waals surface area contributed by atoms with Gasteiger partial charge in [0.25, 0.3) is 11.5 Å². The SMILES string of the molecule is Cc1cc(C)c(CN2CCc3c(Cl)c4c(c(C)c3C2=O)OC(C)(C[C@H]2CC[C@H](N)CC2)O4)c(=O)[nH]1. The molecule has 0 bridgehead atoms. The molecule has 0 radical (unpaired) electrons. The van der Waals surface area contributed by atoms with Crippen LogP contribution < -0.4 is 20.8 Å². The number of halogens is 1. The zero-order valence-electron chi connectivity index (χ0n) is 20.9. The number of carbonyl (C=O) groups is 1. The lowest BCUT2D eigenvalue weighted by Gasteiger charge is -2.32. The summed E-state index contributed by atoms with van der Waals surface area (Å²) in [6.45, 7) is 8.35. The fraction of sp³-hybridized carbons (Fsp3) is 0.556. The standard InChI is InChI=1S/C27H34ClN3O4/c1-14-11-15(2)30-25(32)20(14)13-31-10-9-19-21(26(31)33)16(3)23-24(22(19)28)35-27(4,34-23)12-17-5-7-18(29)8-6-17/h11,17-18H,5-10,12-13,29H2,1-4H3,(H,30,32)/t17-,18-,27?. The zero-order chi connectivity index (χ0) is 25.1. The van der Waals surface area contributed by atoms with Crippen molar-refractivity contribution in [2.45, 2.75) is 84.6 Å². The number of amides is 1. The molecule has 2 aliphatic heterocycles. The molecule has 3 heterocycles. The summed E-state index contributed by atoms with van der Waals surface area (Å²) >= 11 is 6.83. The fourth-order valence-corrected chi connectivity index (χ4v) is 6.29. The van der Waals surface area contributed by atoms with Crippen LogP contribution in [0.15, 0.2) is 10.9 Å². The molecule has 1 aliphatic carbocycles. The Morgan fingerprint density at radius 2 is 1.83 bits per heavy atom. The normalized spacial score (nSPS) is 25.7. The van der Waals surface area contributed by atoms with Gasteiger partial charge in [-0.05, 0) is 76.0 Å². The number of hydrogen-bond acceptors (Lipinski definition) is 5. The lowest BCUT2D eigenvalue weighted by Crippen LogP contribution is -2.39. The monoisotopic (exact) mass is 499 g/mol. The highest BCUT2D eigenvalue weighted by molar-refractivity contribution is 6.34. The molecule has 5 rings (SSSR count). The van der Waals surface area contributed by atoms with Crippen molar-refractivity contribution in [3.63, 3.8) is 0 Å². The Labute approximate surface area is 210 Å². The van der Waals surface area contributed by atoms with Crippen LogP contribution in [0.3, 0.4) is 0 Å². The number of benzene rings is 1. The van der Waals surface area contributed by atoms with Crippen LogP contribution in [0.25, 0.3) is 0 Å². The smallest absolute Gasteiger partial charge is 0.254 e. The molecule has 1 unspecified atom stereocenters. The first-order valence-corrected chi connectivity index (χ1v) is 12.9. The van der Waals surface area contributed by atoms with Crippen LogP contribution in [0.2, 0.25) is 5.02 Å². The Bertz CT molecular complexity index is 1250. The molecule has 1 amide bonds. The molecule has 1 aromatic heterocycles. The van der Waals surface area contributed by atoms with E-state index in [0.717, 1.165) is 54.5 Å². The van der Waals surface area contributed by atoms with Crippen molar-refractivity contribution in [1.29, 1.82) is 0 Å². The highest BCUT2D eigenvalue weighted by Gasteiger charge is 2.44. The van der Waals surface area contributed by atoms with Gasteiger partial charge in [-0.25, -0.2) is 0 Å². The van der Waals surface area contributed by atoms with Crippen molar-refractivity contribution in [3.8, 4) is 11.5 Å². The van der Waals surface area contributed by atoms with E-state index in [9.17, 15) is 9.59 Å². The van der Waals surface area contributed by atoms with E-state index in [1.807, 2.05) is 33.8 Å². The van der Waals surface area contributed by atoms with Gasteiger partial charge in [-0.2, -0.15) is 0 Å². The maximum atomic E-state index is 13.6. The topological polar surface area (TPSA) is 97.7 Å². The third-order valence-electron chi connectivity index (χ3n) is 7.85. The Morgan fingerprint density at radius 3 is 2.51 bits per heavy atom. The minimum absolute atomic E-state index is 0.133. The summed E-state index contributed by atoms with van der Waals surface area (Å²) in [6.07, 6.45) is 5.52. The first kappa shape index (κ1) is 24.2. The van der Waals surface area contributed by atoms with Gasteiger partial charge in [-0.3, -0.25) is 9.59 Å². The highest BCUT2D eigenvalue weighted by Crippen LogP contribution is 2.52. The number of nitrogens with two attached hydrogens (primary N) is 1. The number of nitrogens with zero attached hydrogens (tertiary/aromatic N) is 1. The Kier molecular flexibility index (Phi) is 6.12. The van der Waals surface area contributed by atoms with Crippen molar-refractivity contribution < 1.29 is 14.3 Å². The van der Waals surface area contributed by atoms with E-state index in [-0.39, 0.29) is 18.0 Å². The lowest BCUT2D eigenvalue weighted by atomic mass is 9.82. The van der Waals surface area contributed by atoms with E-state index in [2.05, 4.69) is 4.98 Å². The summed E-state index contributed by atoms with van der Waals surface area (Å²) in [6, 6.07) is 2.22. The van der Waals surface area contributed by atoms with E-state index in [4.69, 9.17) is 26.8 Å². The second-order valence-corrected chi connectivity index (χ2v) is 11.1. The molecule has 1 fully saturated rings. The Balaban J connectivity index is 1.42. The number of ether oxygens (including phenoxy) is 2. The largest absolute Gasteiger partial charge is 0.448 e. The van der Waals surface area contributed by atoms with Crippen molar-refractivity contribution in [3.05, 3.63) is 55.0 Å². The molecular weight excluding hydrogens is 466 g/mol. The number of rotatable bonds is 4. The Hall–Kier alpha value is -2.51. The first-order chi connectivity index (χ1) is 16.6. The molecule has 8 heteroatoms. The summed E-state index contributed by atoms with van der Waals surface area (Å²) < 4.78 is 12.7. The van der Waals surface area contributed by atoms with Crippen LogP contribution in [0.4, 0.5) is 0 Å². The summed E-state index contributed by atoms with van der Waals surface area (Å²) in [5.41, 5.74) is 10.3. The molecule has 0 saturated heterocycles. The van der Waals surface area contributed by atoms with Gasteiger partial charge in [0.2, 0.25) is 5.79 Å². The second kappa shape index (κ2) is 8.86. The number of aryl methyl sites for hydroxylation is 2. The van der Waals surface area contributed by atoms with Crippen LogP contribution in [0.1, 0.15) is 77.3 Å². The molecule has 3 aliphatic rings. The maximum Gasteiger partial charge on any atom is 0.254 e. The molecule has 188 valence electrons. The molecule has 2 aromatic rings. The van der Waals surface area contributed by atoms with E-state index in [1.165, 1.54) is 0 Å². The molecule has 1 atom stereocenters. The lowest BCUT2D eigenvalue weighted by molar-refractivity contribution is -0.0830. The summed E-state index contributed by atoms with van der Waals surface area (Å²) in [5.74, 6) is 0.636. The third-order valence-corrected chi connectivity index (χ3v) is 8.25. The van der Waals surface area contributed by atoms with Crippen molar-refractivity contribution in [1.82, 2.24) is 9.88 Å². The maximum absolute atomic E-state index is 13.6. The number of carbonyl (C=O) groups excluding carboxylic acids is 1. The summed E-state index contributed by atoms with van der Waals surface area (Å²) in [4.78, 5) is 30.8. The van der Waals surface area contributed by atoms with Crippen LogP contribution in [-0.2, 0) is 13.0 Å². The summed E-state index contributed by atoms with van der Waals surface area (Å²) in [5, 5.41) is 0.465. The van der Waals surface area contributed by atoms with E-state index in [1.54, 1.807) is 4.90 Å². The van der Waals surface area contributed by atoms with Gasteiger partial charge in [-0.15, -0.1) is 0 Å². The summed E-state index contributed by atoms with van der Waals surface area (Å²) in [7, 11) is 0. The first-order valence-electron chi connectivity index (χ1n) is 12.5. The molecule has 1 aromatic carbocycles. The predicted octanol–water partition coefficient (Wildman–Crippen LogP) is 4.55. The third kappa shape index (κ3) is 4.33. The molecular formula is C27H34ClN3O4. The molecule has 3 N–H and O–H groups in total. The quantitative estimate of drug-likeness (QED) is 0.643. The minimum Gasteiger partial charge on any atom is -0.448 e. The van der Waals surface area contributed by atoms with Gasteiger partial charge in [0.05, 0.1) is 17.1 Å². The molecule has 35 heavy (non-hydrogen) atoms. The van der Waals surface area contributed by atoms with Crippen molar-refractivity contribution >= 4 is 17.5 Å². The van der Waals surface area contributed by atoms with Gasteiger partial charge < -0.3 is 25.1 Å². The highest BCUT2D eigenvalue weighted by atomic mass is 35.5. The number of H-pyrrole nitrogens is 1. The second-order valence-electron chi connectivity index (χ2n) is 10.7. The minimum atomic E-state index is -0.818. The predicted molar refractivity (Wildman–Crippen MR) is 135 cm³/mol. The van der Waals surface area contributed by atoms with Gasteiger partial charge in [0, 0.05) is 42.8 Å². The zero-order valence-corrected chi connectivity index (χ0v) is 21.7. The number of hydrogen-bond donors (Lipinski definition) is 2. The van der Waals surface area contributed by atoms with E-state index in [0.29, 0.717) is 52.6 Å². The average molecular weight is 500 g/mol. The van der Waals surface area contributed by atoms with Crippen LogP contribution in [0.5, 0.6) is 11.5 Å². The van der Waals surface area contributed by atoms with Gasteiger partial charge in [0.15, 0.2) is 11.5 Å². The number of pyridine rings is 1. The van der Waals surface area contributed by atoms with Crippen LogP contribution in [-0.4, -0.2) is 34.2 Å².